The lowest BCUT2D eigenvalue weighted by molar-refractivity contribution is 0.145. The highest BCUT2D eigenvalue weighted by Crippen LogP contribution is 2.10. The predicted molar refractivity (Wildman–Crippen MR) is 48.2 cm³/mol. The fourth-order valence-electron chi connectivity index (χ4n) is 1.15. The lowest BCUT2D eigenvalue weighted by atomic mass is 10.2. The minimum absolute atomic E-state index is 0.205. The van der Waals surface area contributed by atoms with Crippen LogP contribution in [0.1, 0.15) is 0 Å². The number of nitrogens with two attached hydrogens (primary N) is 1. The summed E-state index contributed by atoms with van der Waals surface area (Å²) in [5.74, 6) is 2.64. The standard InChI is InChI=1S/C8H11N3O2/c1-3-4-11-6(5-13-2)7(9)10-8(11)12/h1,6H,4-5H2,2H3,(H2,9,10,12). The SMILES string of the molecule is C#CCN1C(=O)N=C(N)C1COC. The zero-order valence-electron chi connectivity index (χ0n) is 7.36. The maximum absolute atomic E-state index is 11.2. The molecule has 13 heavy (non-hydrogen) atoms. The van der Waals surface area contributed by atoms with Gasteiger partial charge in [-0.15, -0.1) is 6.42 Å². The van der Waals surface area contributed by atoms with E-state index in [0.29, 0.717) is 6.61 Å². The molecule has 5 heteroatoms. The van der Waals surface area contributed by atoms with Crippen LogP contribution in [0.3, 0.4) is 0 Å². The summed E-state index contributed by atoms with van der Waals surface area (Å²) in [4.78, 5) is 16.2. The van der Waals surface area contributed by atoms with E-state index in [1.54, 1.807) is 0 Å². The number of carbonyl (C=O) groups excluding carboxylic acids is 1. The average Bonchev–Trinajstić information content (AvgIpc) is 2.33. The van der Waals surface area contributed by atoms with Crippen molar-refractivity contribution < 1.29 is 9.53 Å². The highest BCUT2D eigenvalue weighted by molar-refractivity contribution is 6.03. The van der Waals surface area contributed by atoms with E-state index >= 15 is 0 Å². The number of aliphatic imine (C=N–C) groups is 1. The largest absolute Gasteiger partial charge is 0.385 e. The minimum atomic E-state index is -0.391. The van der Waals surface area contributed by atoms with Crippen LogP contribution in [0.15, 0.2) is 4.99 Å². The molecular formula is C8H11N3O2. The van der Waals surface area contributed by atoms with Gasteiger partial charge < -0.3 is 10.5 Å². The smallest absolute Gasteiger partial charge is 0.346 e. The molecule has 2 N–H and O–H groups in total. The summed E-state index contributed by atoms with van der Waals surface area (Å²) in [5.41, 5.74) is 5.52. The molecule has 1 heterocycles. The molecule has 5 nitrogen and oxygen atoms in total. The molecule has 0 saturated carbocycles. The Kier molecular flexibility index (Phi) is 2.88. The van der Waals surface area contributed by atoms with Gasteiger partial charge in [-0.05, 0) is 0 Å². The molecule has 1 atom stereocenters. The van der Waals surface area contributed by atoms with Crippen molar-refractivity contribution in [3.05, 3.63) is 0 Å². The van der Waals surface area contributed by atoms with Crippen LogP contribution in [0.25, 0.3) is 0 Å². The van der Waals surface area contributed by atoms with Crippen molar-refractivity contribution in [2.24, 2.45) is 10.7 Å². The Morgan fingerprint density at radius 2 is 2.54 bits per heavy atom. The maximum Gasteiger partial charge on any atom is 0.346 e. The van der Waals surface area contributed by atoms with Crippen molar-refractivity contribution in [2.45, 2.75) is 6.04 Å². The molecule has 0 aromatic rings. The number of amidine groups is 1. The van der Waals surface area contributed by atoms with E-state index in [1.807, 2.05) is 0 Å². The van der Waals surface area contributed by atoms with Crippen LogP contribution in [-0.4, -0.2) is 43.1 Å². The zero-order chi connectivity index (χ0) is 9.84. The highest BCUT2D eigenvalue weighted by Gasteiger charge is 2.32. The number of amides is 2. The van der Waals surface area contributed by atoms with Crippen molar-refractivity contribution >= 4 is 11.9 Å². The summed E-state index contributed by atoms with van der Waals surface area (Å²) in [5, 5.41) is 0. The van der Waals surface area contributed by atoms with E-state index < -0.39 is 6.03 Å². The number of hydrogen-bond donors (Lipinski definition) is 1. The molecule has 1 aliphatic heterocycles. The van der Waals surface area contributed by atoms with Gasteiger partial charge in [0.05, 0.1) is 13.2 Å². The molecular weight excluding hydrogens is 170 g/mol. The Morgan fingerprint density at radius 3 is 3.08 bits per heavy atom. The summed E-state index contributed by atoms with van der Waals surface area (Å²) >= 11 is 0. The van der Waals surface area contributed by atoms with E-state index in [1.165, 1.54) is 12.0 Å². The molecule has 0 saturated heterocycles. The Bertz CT molecular complexity index is 280. The summed E-state index contributed by atoms with van der Waals surface area (Å²) in [6.07, 6.45) is 5.10. The summed E-state index contributed by atoms with van der Waals surface area (Å²) in [6.45, 7) is 0.528. The zero-order valence-corrected chi connectivity index (χ0v) is 7.36. The summed E-state index contributed by atoms with van der Waals surface area (Å²) < 4.78 is 4.90. The molecule has 2 amide bonds. The third-order valence-electron chi connectivity index (χ3n) is 1.77. The molecule has 0 spiro atoms. The molecule has 0 aromatic carbocycles. The van der Waals surface area contributed by atoms with Crippen LogP contribution in [0.4, 0.5) is 4.79 Å². The first-order valence-electron chi connectivity index (χ1n) is 3.77. The van der Waals surface area contributed by atoms with E-state index in [4.69, 9.17) is 16.9 Å². The average molecular weight is 181 g/mol. The molecule has 1 unspecified atom stereocenters. The molecule has 0 aromatic heterocycles. The van der Waals surface area contributed by atoms with Gasteiger partial charge in [0.1, 0.15) is 11.9 Å². The Balaban J connectivity index is 2.73. The van der Waals surface area contributed by atoms with Crippen molar-refractivity contribution in [3.8, 4) is 12.3 Å². The maximum atomic E-state index is 11.2. The van der Waals surface area contributed by atoms with Gasteiger partial charge in [-0.3, -0.25) is 4.90 Å². The third kappa shape index (κ3) is 1.79. The quantitative estimate of drug-likeness (QED) is 0.593. The van der Waals surface area contributed by atoms with Gasteiger partial charge >= 0.3 is 6.03 Å². The summed E-state index contributed by atoms with van der Waals surface area (Å²) in [6, 6.07) is -0.703. The van der Waals surface area contributed by atoms with Gasteiger partial charge in [0.25, 0.3) is 0 Å². The van der Waals surface area contributed by atoms with Crippen LogP contribution in [0.5, 0.6) is 0 Å². The topological polar surface area (TPSA) is 67.9 Å². The Hall–Kier alpha value is -1.54. The second-order valence-corrected chi connectivity index (χ2v) is 2.62. The predicted octanol–water partition coefficient (Wildman–Crippen LogP) is -0.573. The first-order chi connectivity index (χ1) is 6.20. The monoisotopic (exact) mass is 181 g/mol. The van der Waals surface area contributed by atoms with E-state index in [-0.39, 0.29) is 18.4 Å². The van der Waals surface area contributed by atoms with Gasteiger partial charge in [0.2, 0.25) is 0 Å². The van der Waals surface area contributed by atoms with Crippen molar-refractivity contribution in [1.82, 2.24) is 4.90 Å². The molecule has 1 rings (SSSR count). The van der Waals surface area contributed by atoms with E-state index in [9.17, 15) is 4.79 Å². The van der Waals surface area contributed by atoms with Gasteiger partial charge in [-0.1, -0.05) is 5.92 Å². The number of hydrogen-bond acceptors (Lipinski definition) is 3. The Morgan fingerprint density at radius 1 is 1.85 bits per heavy atom. The molecule has 1 aliphatic rings. The van der Waals surface area contributed by atoms with Gasteiger partial charge in [-0.2, -0.15) is 4.99 Å². The van der Waals surface area contributed by atoms with E-state index in [2.05, 4.69) is 10.9 Å². The molecule has 0 aliphatic carbocycles. The number of terminal acetylenes is 1. The van der Waals surface area contributed by atoms with Gasteiger partial charge in [0.15, 0.2) is 0 Å². The fourth-order valence-corrected chi connectivity index (χ4v) is 1.15. The number of rotatable bonds is 3. The van der Waals surface area contributed by atoms with Crippen LogP contribution in [-0.2, 0) is 4.74 Å². The van der Waals surface area contributed by atoms with Gasteiger partial charge in [0, 0.05) is 7.11 Å². The number of ether oxygens (including phenoxy) is 1. The lowest BCUT2D eigenvalue weighted by Gasteiger charge is -2.20. The van der Waals surface area contributed by atoms with Crippen molar-refractivity contribution in [3.63, 3.8) is 0 Å². The third-order valence-corrected chi connectivity index (χ3v) is 1.77. The van der Waals surface area contributed by atoms with Crippen LogP contribution in [0, 0.1) is 12.3 Å². The van der Waals surface area contributed by atoms with Gasteiger partial charge in [-0.25, -0.2) is 4.79 Å². The van der Waals surface area contributed by atoms with E-state index in [0.717, 1.165) is 0 Å². The van der Waals surface area contributed by atoms with Crippen LogP contribution >= 0.6 is 0 Å². The normalized spacial score (nSPS) is 21.5. The van der Waals surface area contributed by atoms with Crippen molar-refractivity contribution in [1.29, 1.82) is 0 Å². The van der Waals surface area contributed by atoms with Crippen molar-refractivity contribution in [2.75, 3.05) is 20.3 Å². The highest BCUT2D eigenvalue weighted by atomic mass is 16.5. The second kappa shape index (κ2) is 3.92. The van der Waals surface area contributed by atoms with Crippen LogP contribution in [0.2, 0.25) is 0 Å². The second-order valence-electron chi connectivity index (χ2n) is 2.62. The van der Waals surface area contributed by atoms with Crippen LogP contribution < -0.4 is 5.73 Å². The molecule has 0 radical (unpaired) electrons. The molecule has 70 valence electrons. The fraction of sp³-hybridized carbons (Fsp3) is 0.500. The lowest BCUT2D eigenvalue weighted by Crippen LogP contribution is -2.43. The number of carbonyl (C=O) groups is 1. The number of urea groups is 1. The first-order valence-corrected chi connectivity index (χ1v) is 3.77. The first kappa shape index (κ1) is 9.55. The summed E-state index contributed by atoms with van der Waals surface area (Å²) in [7, 11) is 1.53. The molecule has 0 fully saturated rings. The number of methoxy groups -OCH3 is 1. The minimum Gasteiger partial charge on any atom is -0.385 e. The molecule has 0 bridgehead atoms. The Labute approximate surface area is 76.6 Å². The number of nitrogens with zero attached hydrogens (tertiary/aromatic N) is 2.